The third kappa shape index (κ3) is 4.37. The molecule has 0 saturated heterocycles. The predicted octanol–water partition coefficient (Wildman–Crippen LogP) is 4.99. The van der Waals surface area contributed by atoms with Gasteiger partial charge in [0.2, 0.25) is 0 Å². The van der Waals surface area contributed by atoms with Gasteiger partial charge >= 0.3 is 0 Å². The number of aromatic nitrogens is 2. The molecule has 0 aliphatic rings. The van der Waals surface area contributed by atoms with Crippen LogP contribution in [0.5, 0.6) is 11.5 Å². The molecule has 3 aromatic rings. The second-order valence-corrected chi connectivity index (χ2v) is 6.65. The normalized spacial score (nSPS) is 12.6. The van der Waals surface area contributed by atoms with E-state index in [4.69, 9.17) is 9.47 Å². The molecule has 5 nitrogen and oxygen atoms in total. The van der Waals surface area contributed by atoms with E-state index in [1.54, 1.807) is 7.11 Å². The van der Waals surface area contributed by atoms with Crippen LogP contribution in [0, 0.1) is 0 Å². The molecule has 148 valence electrons. The lowest BCUT2D eigenvalue weighted by atomic mass is 10.2. The second-order valence-electron chi connectivity index (χ2n) is 6.65. The quantitative estimate of drug-likeness (QED) is 0.531. The molecule has 0 aliphatic heterocycles. The maximum absolute atomic E-state index is 10.3. The standard InChI is InChI=1S/C23H28N2O3/c1-4-9-17-12-13-21(22(16-17)27-3)28-15-8-14-25-19-11-7-6-10-18(19)24-23(25)20(26)5-2/h4,6-7,9-13,16,20,26H,5,8,14-15H2,1-3H3/b9-4-/t20-/m0/s1. The highest BCUT2D eigenvalue weighted by Gasteiger charge is 2.16. The number of ether oxygens (including phenoxy) is 2. The van der Waals surface area contributed by atoms with Crippen molar-refractivity contribution in [2.45, 2.75) is 39.3 Å². The summed E-state index contributed by atoms with van der Waals surface area (Å²) in [4.78, 5) is 4.62. The average Bonchev–Trinajstić information content (AvgIpc) is 3.10. The fraction of sp³-hybridized carbons (Fsp3) is 0.348. The number of para-hydroxylation sites is 2. The van der Waals surface area contributed by atoms with Gasteiger partial charge in [0, 0.05) is 6.54 Å². The lowest BCUT2D eigenvalue weighted by molar-refractivity contribution is 0.158. The Morgan fingerprint density at radius 3 is 2.75 bits per heavy atom. The fourth-order valence-corrected chi connectivity index (χ4v) is 3.27. The molecule has 1 N–H and O–H groups in total. The SMILES string of the molecule is C/C=C\c1ccc(OCCCn2c([C@@H](O)CC)nc3ccccc32)c(OC)c1. The highest BCUT2D eigenvalue weighted by molar-refractivity contribution is 5.76. The molecular weight excluding hydrogens is 352 g/mol. The Bertz CT molecular complexity index is 946. The molecule has 0 aliphatic carbocycles. The molecule has 0 fully saturated rings. The van der Waals surface area contributed by atoms with Crippen molar-refractivity contribution in [2.24, 2.45) is 0 Å². The molecule has 3 rings (SSSR count). The number of nitrogens with zero attached hydrogens (tertiary/aromatic N) is 2. The zero-order chi connectivity index (χ0) is 19.9. The molecule has 0 radical (unpaired) electrons. The Hall–Kier alpha value is -2.79. The minimum absolute atomic E-state index is 0.549. The molecule has 1 aromatic heterocycles. The second kappa shape index (κ2) is 9.42. The van der Waals surface area contributed by atoms with Gasteiger partial charge in [0.05, 0.1) is 24.8 Å². The van der Waals surface area contributed by atoms with Crippen molar-refractivity contribution in [1.82, 2.24) is 9.55 Å². The van der Waals surface area contributed by atoms with Crippen LogP contribution < -0.4 is 9.47 Å². The van der Waals surface area contributed by atoms with E-state index in [9.17, 15) is 5.11 Å². The Morgan fingerprint density at radius 1 is 1.18 bits per heavy atom. The summed E-state index contributed by atoms with van der Waals surface area (Å²) < 4.78 is 13.5. The first-order valence-electron chi connectivity index (χ1n) is 9.74. The van der Waals surface area contributed by atoms with Crippen LogP contribution in [0.4, 0.5) is 0 Å². The summed E-state index contributed by atoms with van der Waals surface area (Å²) in [6, 6.07) is 13.9. The van der Waals surface area contributed by atoms with Crippen molar-refractivity contribution in [3.05, 3.63) is 59.9 Å². The molecule has 1 atom stereocenters. The zero-order valence-electron chi connectivity index (χ0n) is 16.8. The zero-order valence-corrected chi connectivity index (χ0v) is 16.8. The number of hydrogen-bond donors (Lipinski definition) is 1. The van der Waals surface area contributed by atoms with Crippen molar-refractivity contribution >= 4 is 17.1 Å². The Kier molecular flexibility index (Phi) is 6.71. The third-order valence-electron chi connectivity index (χ3n) is 4.70. The van der Waals surface area contributed by atoms with Crippen molar-refractivity contribution < 1.29 is 14.6 Å². The first kappa shape index (κ1) is 20.0. The molecule has 1 heterocycles. The van der Waals surface area contributed by atoms with Gasteiger partial charge in [-0.3, -0.25) is 0 Å². The number of rotatable bonds is 9. The maximum Gasteiger partial charge on any atom is 0.161 e. The fourth-order valence-electron chi connectivity index (χ4n) is 3.27. The van der Waals surface area contributed by atoms with E-state index in [1.165, 1.54) is 0 Å². The van der Waals surface area contributed by atoms with Gasteiger partial charge in [0.1, 0.15) is 11.9 Å². The summed E-state index contributed by atoms with van der Waals surface area (Å²) in [6.07, 6.45) is 4.89. The molecular formula is C23H28N2O3. The molecule has 5 heteroatoms. The van der Waals surface area contributed by atoms with Gasteiger partial charge in [-0.05, 0) is 49.6 Å². The van der Waals surface area contributed by atoms with Crippen LogP contribution in [-0.4, -0.2) is 28.4 Å². The minimum Gasteiger partial charge on any atom is -0.493 e. The van der Waals surface area contributed by atoms with Crippen LogP contribution in [0.25, 0.3) is 17.1 Å². The highest BCUT2D eigenvalue weighted by atomic mass is 16.5. The van der Waals surface area contributed by atoms with Gasteiger partial charge in [-0.25, -0.2) is 4.98 Å². The Balaban J connectivity index is 1.69. The van der Waals surface area contributed by atoms with Gasteiger partial charge in [-0.2, -0.15) is 0 Å². The van der Waals surface area contributed by atoms with E-state index in [-0.39, 0.29) is 0 Å². The number of aliphatic hydroxyl groups is 1. The van der Waals surface area contributed by atoms with Gasteiger partial charge in [0.25, 0.3) is 0 Å². The maximum atomic E-state index is 10.3. The van der Waals surface area contributed by atoms with Crippen molar-refractivity contribution in [3.63, 3.8) is 0 Å². The lowest BCUT2D eigenvalue weighted by Gasteiger charge is -2.14. The summed E-state index contributed by atoms with van der Waals surface area (Å²) in [5.74, 6) is 2.18. The number of fused-ring (bicyclic) bond motifs is 1. The summed E-state index contributed by atoms with van der Waals surface area (Å²) in [6.45, 7) is 5.22. The molecule has 0 amide bonds. The van der Waals surface area contributed by atoms with Gasteiger partial charge < -0.3 is 19.1 Å². The average molecular weight is 380 g/mol. The van der Waals surface area contributed by atoms with Crippen molar-refractivity contribution in [2.75, 3.05) is 13.7 Å². The van der Waals surface area contributed by atoms with Crippen LogP contribution in [0.2, 0.25) is 0 Å². The van der Waals surface area contributed by atoms with Crippen molar-refractivity contribution in [1.29, 1.82) is 0 Å². The van der Waals surface area contributed by atoms with E-state index in [1.807, 2.05) is 68.5 Å². The van der Waals surface area contributed by atoms with Crippen LogP contribution >= 0.6 is 0 Å². The number of aliphatic hydroxyl groups excluding tert-OH is 1. The largest absolute Gasteiger partial charge is 0.493 e. The lowest BCUT2D eigenvalue weighted by Crippen LogP contribution is -2.11. The number of benzene rings is 2. The highest BCUT2D eigenvalue weighted by Crippen LogP contribution is 2.29. The molecule has 0 unspecified atom stereocenters. The molecule has 0 spiro atoms. The van der Waals surface area contributed by atoms with E-state index in [2.05, 4.69) is 9.55 Å². The molecule has 0 bridgehead atoms. The van der Waals surface area contributed by atoms with Crippen LogP contribution in [0.1, 0.15) is 44.2 Å². The topological polar surface area (TPSA) is 56.5 Å². The summed E-state index contributed by atoms with van der Waals surface area (Å²) in [5.41, 5.74) is 3.03. The van der Waals surface area contributed by atoms with Crippen LogP contribution in [0.15, 0.2) is 48.5 Å². The third-order valence-corrected chi connectivity index (χ3v) is 4.70. The monoisotopic (exact) mass is 380 g/mol. The van der Waals surface area contributed by atoms with E-state index in [0.29, 0.717) is 13.0 Å². The van der Waals surface area contributed by atoms with E-state index >= 15 is 0 Å². The molecule has 2 aromatic carbocycles. The summed E-state index contributed by atoms with van der Waals surface area (Å²) in [7, 11) is 1.65. The number of allylic oxidation sites excluding steroid dienone is 1. The van der Waals surface area contributed by atoms with Crippen LogP contribution in [-0.2, 0) is 6.54 Å². The van der Waals surface area contributed by atoms with Gasteiger partial charge in [-0.15, -0.1) is 0 Å². The number of hydrogen-bond acceptors (Lipinski definition) is 4. The number of aryl methyl sites for hydroxylation is 1. The van der Waals surface area contributed by atoms with E-state index in [0.717, 1.165) is 46.9 Å². The predicted molar refractivity (Wildman–Crippen MR) is 113 cm³/mol. The van der Waals surface area contributed by atoms with Crippen LogP contribution in [0.3, 0.4) is 0 Å². The Morgan fingerprint density at radius 2 is 2.00 bits per heavy atom. The molecule has 0 saturated carbocycles. The minimum atomic E-state index is -0.562. The Labute approximate surface area is 166 Å². The molecule has 28 heavy (non-hydrogen) atoms. The summed E-state index contributed by atoms with van der Waals surface area (Å²) in [5, 5.41) is 10.3. The summed E-state index contributed by atoms with van der Waals surface area (Å²) >= 11 is 0. The number of imidazole rings is 1. The first-order chi connectivity index (χ1) is 13.7. The first-order valence-corrected chi connectivity index (χ1v) is 9.74. The van der Waals surface area contributed by atoms with Gasteiger partial charge in [-0.1, -0.05) is 37.3 Å². The van der Waals surface area contributed by atoms with E-state index < -0.39 is 6.10 Å². The number of methoxy groups -OCH3 is 1. The van der Waals surface area contributed by atoms with Crippen molar-refractivity contribution in [3.8, 4) is 11.5 Å². The smallest absolute Gasteiger partial charge is 0.161 e. The van der Waals surface area contributed by atoms with Gasteiger partial charge in [0.15, 0.2) is 11.5 Å².